The fourth-order valence-corrected chi connectivity index (χ4v) is 1.10. The Morgan fingerprint density at radius 1 is 1.33 bits per heavy atom. The van der Waals surface area contributed by atoms with Crippen molar-refractivity contribution in [1.29, 1.82) is 0 Å². The Bertz CT molecular complexity index is 445. The smallest absolute Gasteiger partial charge is 0.139 e. The SMILES string of the molecule is [2H]C([2H])([2H])n1ccnc1-c1ccccc1. The predicted octanol–water partition coefficient (Wildman–Crippen LogP) is 2.09. The van der Waals surface area contributed by atoms with E-state index >= 15 is 0 Å². The number of aryl methyl sites for hydroxylation is 1. The minimum absolute atomic E-state index is 0.468. The van der Waals surface area contributed by atoms with E-state index in [1.807, 2.05) is 30.3 Å². The predicted molar refractivity (Wildman–Crippen MR) is 48.6 cm³/mol. The summed E-state index contributed by atoms with van der Waals surface area (Å²) in [5.41, 5.74) is 0.804. The molecule has 0 amide bonds. The minimum atomic E-state index is -2.18. The maximum Gasteiger partial charge on any atom is 0.139 e. The average molecular weight is 161 g/mol. The lowest BCUT2D eigenvalue weighted by atomic mass is 10.2. The molecule has 0 aliphatic rings. The summed E-state index contributed by atoms with van der Waals surface area (Å²) in [6, 6.07) is 9.27. The van der Waals surface area contributed by atoms with Crippen LogP contribution in [0.15, 0.2) is 42.7 Å². The Morgan fingerprint density at radius 3 is 2.92 bits per heavy atom. The molecule has 0 bridgehead atoms. The van der Waals surface area contributed by atoms with Crippen LogP contribution in [0.4, 0.5) is 0 Å². The van der Waals surface area contributed by atoms with Crippen LogP contribution in [0.1, 0.15) is 4.11 Å². The second kappa shape index (κ2) is 2.81. The largest absolute Gasteiger partial charge is 0.334 e. The van der Waals surface area contributed by atoms with Gasteiger partial charge in [0.25, 0.3) is 0 Å². The van der Waals surface area contributed by atoms with Gasteiger partial charge in [0.15, 0.2) is 0 Å². The van der Waals surface area contributed by atoms with Crippen molar-refractivity contribution in [3.05, 3.63) is 42.7 Å². The van der Waals surface area contributed by atoms with Crippen LogP contribution < -0.4 is 0 Å². The third kappa shape index (κ3) is 1.11. The van der Waals surface area contributed by atoms with E-state index in [1.165, 1.54) is 17.0 Å². The van der Waals surface area contributed by atoms with Gasteiger partial charge in [-0.3, -0.25) is 0 Å². The van der Waals surface area contributed by atoms with Gasteiger partial charge in [0.2, 0.25) is 0 Å². The quantitative estimate of drug-likeness (QED) is 0.626. The molecular weight excluding hydrogens is 148 g/mol. The minimum Gasteiger partial charge on any atom is -0.334 e. The van der Waals surface area contributed by atoms with Crippen molar-refractivity contribution in [1.82, 2.24) is 9.55 Å². The van der Waals surface area contributed by atoms with Gasteiger partial charge in [-0.2, -0.15) is 0 Å². The molecule has 2 nitrogen and oxygen atoms in total. The molecule has 0 atom stereocenters. The van der Waals surface area contributed by atoms with Crippen LogP contribution in [-0.4, -0.2) is 9.55 Å². The maximum atomic E-state index is 7.34. The van der Waals surface area contributed by atoms with Crippen molar-refractivity contribution in [3.8, 4) is 11.4 Å². The summed E-state index contributed by atoms with van der Waals surface area (Å²) in [6.45, 7) is -2.18. The molecule has 1 heterocycles. The molecule has 0 aliphatic heterocycles. The van der Waals surface area contributed by atoms with Crippen molar-refractivity contribution in [2.75, 3.05) is 0 Å². The molecule has 1 aromatic carbocycles. The lowest BCUT2D eigenvalue weighted by Crippen LogP contribution is -1.89. The lowest BCUT2D eigenvalue weighted by molar-refractivity contribution is 0.925. The van der Waals surface area contributed by atoms with Crippen LogP contribution >= 0.6 is 0 Å². The zero-order valence-electron chi connectivity index (χ0n) is 9.44. The zero-order chi connectivity index (χ0) is 10.9. The first kappa shape index (κ1) is 4.45. The van der Waals surface area contributed by atoms with E-state index in [9.17, 15) is 0 Å². The van der Waals surface area contributed by atoms with Gasteiger partial charge in [-0.15, -0.1) is 0 Å². The van der Waals surface area contributed by atoms with Crippen molar-refractivity contribution in [3.63, 3.8) is 0 Å². The van der Waals surface area contributed by atoms with Gasteiger partial charge in [0.1, 0.15) is 5.82 Å². The standard InChI is InChI=1S/C10H10N2/c1-12-8-7-11-10(12)9-5-3-2-4-6-9/h2-8H,1H3/i1D3. The van der Waals surface area contributed by atoms with Gasteiger partial charge in [-0.05, 0) is 0 Å². The summed E-state index contributed by atoms with van der Waals surface area (Å²) in [6.07, 6.45) is 2.96. The van der Waals surface area contributed by atoms with Crippen LogP contribution in [0.2, 0.25) is 0 Å². The molecule has 60 valence electrons. The van der Waals surface area contributed by atoms with Crippen molar-refractivity contribution < 1.29 is 4.11 Å². The van der Waals surface area contributed by atoms with E-state index in [-0.39, 0.29) is 0 Å². The molecule has 0 radical (unpaired) electrons. The normalized spacial score (nSPS) is 14.8. The van der Waals surface area contributed by atoms with Gasteiger partial charge < -0.3 is 4.57 Å². The first-order valence-electron chi connectivity index (χ1n) is 5.18. The molecule has 0 unspecified atom stereocenters. The molecule has 0 saturated heterocycles. The van der Waals surface area contributed by atoms with E-state index in [1.54, 1.807) is 0 Å². The van der Waals surface area contributed by atoms with Gasteiger partial charge in [-0.1, -0.05) is 30.3 Å². The first-order chi connectivity index (χ1) is 7.09. The highest BCUT2D eigenvalue weighted by Crippen LogP contribution is 2.14. The van der Waals surface area contributed by atoms with Crippen LogP contribution in [0.5, 0.6) is 0 Å². The number of hydrogen-bond acceptors (Lipinski definition) is 1. The summed E-state index contributed by atoms with van der Waals surface area (Å²) in [5, 5.41) is 0. The van der Waals surface area contributed by atoms with Gasteiger partial charge >= 0.3 is 0 Å². The van der Waals surface area contributed by atoms with Crippen molar-refractivity contribution in [2.45, 2.75) is 0 Å². The Hall–Kier alpha value is -1.57. The van der Waals surface area contributed by atoms with E-state index in [2.05, 4.69) is 4.98 Å². The second-order valence-electron chi connectivity index (χ2n) is 2.49. The Kier molecular flexibility index (Phi) is 1.04. The Morgan fingerprint density at radius 2 is 2.17 bits per heavy atom. The van der Waals surface area contributed by atoms with E-state index in [0.29, 0.717) is 5.82 Å². The summed E-state index contributed by atoms with van der Waals surface area (Å²) in [5.74, 6) is 0.468. The molecule has 0 fully saturated rings. The van der Waals surface area contributed by atoms with Gasteiger partial charge in [0, 0.05) is 29.0 Å². The van der Waals surface area contributed by atoms with Crippen molar-refractivity contribution >= 4 is 0 Å². The molecule has 0 N–H and O–H groups in total. The zero-order valence-corrected chi connectivity index (χ0v) is 6.44. The lowest BCUT2D eigenvalue weighted by Gasteiger charge is -1.99. The topological polar surface area (TPSA) is 17.8 Å². The fourth-order valence-electron chi connectivity index (χ4n) is 1.10. The second-order valence-corrected chi connectivity index (χ2v) is 2.49. The number of benzene rings is 1. The third-order valence-electron chi connectivity index (χ3n) is 1.67. The maximum absolute atomic E-state index is 7.34. The fraction of sp³-hybridized carbons (Fsp3) is 0.100. The van der Waals surface area contributed by atoms with E-state index < -0.39 is 6.98 Å². The number of hydrogen-bond donors (Lipinski definition) is 0. The molecule has 12 heavy (non-hydrogen) atoms. The molecular formula is C10H10N2. The first-order valence-corrected chi connectivity index (χ1v) is 3.68. The number of aromatic nitrogens is 2. The Labute approximate surface area is 75.7 Å². The number of nitrogens with zero attached hydrogens (tertiary/aromatic N) is 2. The highest BCUT2D eigenvalue weighted by Gasteiger charge is 1.99. The molecule has 2 heteroatoms. The van der Waals surface area contributed by atoms with E-state index in [0.717, 1.165) is 5.56 Å². The molecule has 0 saturated carbocycles. The molecule has 2 rings (SSSR count). The van der Waals surface area contributed by atoms with Crippen LogP contribution in [0.3, 0.4) is 0 Å². The summed E-state index contributed by atoms with van der Waals surface area (Å²) in [7, 11) is 0. The van der Waals surface area contributed by atoms with Crippen LogP contribution in [0.25, 0.3) is 11.4 Å². The Balaban J connectivity index is 2.51. The highest BCUT2D eigenvalue weighted by molar-refractivity contribution is 5.54. The van der Waals surface area contributed by atoms with E-state index in [4.69, 9.17) is 4.11 Å². The average Bonchev–Trinajstić information content (AvgIpc) is 2.67. The molecule has 0 aliphatic carbocycles. The summed E-state index contributed by atoms with van der Waals surface area (Å²) < 4.78 is 23.2. The highest BCUT2D eigenvalue weighted by atomic mass is 15.0. The van der Waals surface area contributed by atoms with Crippen LogP contribution in [0, 0.1) is 0 Å². The number of imidazole rings is 1. The molecule has 1 aromatic heterocycles. The molecule has 0 spiro atoms. The third-order valence-corrected chi connectivity index (χ3v) is 1.67. The summed E-state index contributed by atoms with van der Waals surface area (Å²) in [4.78, 5) is 4.06. The molecule has 2 aromatic rings. The monoisotopic (exact) mass is 161 g/mol. The number of rotatable bonds is 1. The van der Waals surface area contributed by atoms with Gasteiger partial charge in [-0.25, -0.2) is 4.98 Å². The van der Waals surface area contributed by atoms with Crippen LogP contribution in [-0.2, 0) is 6.98 Å². The van der Waals surface area contributed by atoms with Crippen molar-refractivity contribution in [2.24, 2.45) is 6.98 Å². The summed E-state index contributed by atoms with van der Waals surface area (Å²) >= 11 is 0. The van der Waals surface area contributed by atoms with Gasteiger partial charge in [0.05, 0.1) is 0 Å².